The molecule has 2 bridgehead atoms. The molecule has 0 spiro atoms. The summed E-state index contributed by atoms with van der Waals surface area (Å²) in [5.41, 5.74) is -0.357. The number of alkyl halides is 3. The number of halogens is 5. The van der Waals surface area contributed by atoms with Gasteiger partial charge < -0.3 is 14.8 Å². The number of nitrogens with zero attached hydrogens (tertiary/aromatic N) is 1. The van der Waals surface area contributed by atoms with Gasteiger partial charge in [0.05, 0.1) is 11.6 Å². The van der Waals surface area contributed by atoms with Crippen molar-refractivity contribution in [2.75, 3.05) is 26.8 Å². The number of rotatable bonds is 10. The summed E-state index contributed by atoms with van der Waals surface area (Å²) in [4.78, 5) is 14.3. The van der Waals surface area contributed by atoms with Crippen molar-refractivity contribution in [3.63, 3.8) is 0 Å². The topological polar surface area (TPSA) is 60.0 Å². The lowest BCUT2D eigenvalue weighted by Gasteiger charge is -2.73. The molecule has 32 heavy (non-hydrogen) atoms. The van der Waals surface area contributed by atoms with Gasteiger partial charge in [-0.1, -0.05) is 11.6 Å². The maximum atomic E-state index is 13.4. The Morgan fingerprint density at radius 3 is 2.50 bits per heavy atom. The lowest BCUT2D eigenvalue weighted by atomic mass is 9.43. The van der Waals surface area contributed by atoms with E-state index in [9.17, 15) is 22.4 Å². The van der Waals surface area contributed by atoms with Crippen molar-refractivity contribution < 1.29 is 36.6 Å². The molecule has 4 aliphatic rings. The summed E-state index contributed by atoms with van der Waals surface area (Å²) < 4.78 is 66.1. The van der Waals surface area contributed by atoms with E-state index in [4.69, 9.17) is 21.1 Å². The number of benzene rings is 1. The van der Waals surface area contributed by atoms with Crippen LogP contribution in [-0.2, 0) is 14.3 Å². The highest BCUT2D eigenvalue weighted by molar-refractivity contribution is 6.30. The van der Waals surface area contributed by atoms with E-state index in [-0.39, 0.29) is 53.8 Å². The van der Waals surface area contributed by atoms with Crippen LogP contribution < -0.4 is 10.1 Å². The predicted octanol–water partition coefficient (Wildman–Crippen LogP) is 4.01. The zero-order valence-electron chi connectivity index (χ0n) is 17.6. The van der Waals surface area contributed by atoms with Crippen LogP contribution in [0.15, 0.2) is 18.2 Å². The van der Waals surface area contributed by atoms with Crippen LogP contribution in [0.4, 0.5) is 17.6 Å². The minimum Gasteiger partial charge on any atom is -0.484 e. The molecular weight excluding hydrogens is 456 g/mol. The fourth-order valence-electron chi connectivity index (χ4n) is 4.88. The second-order valence-corrected chi connectivity index (χ2v) is 9.44. The van der Waals surface area contributed by atoms with Crippen LogP contribution in [0.3, 0.4) is 0 Å². The monoisotopic (exact) mass is 480 g/mol. The van der Waals surface area contributed by atoms with Crippen molar-refractivity contribution in [2.45, 2.75) is 61.8 Å². The highest BCUT2D eigenvalue weighted by Gasteiger charge is 2.70. The normalized spacial score (nSPS) is 27.8. The van der Waals surface area contributed by atoms with Crippen LogP contribution in [0.2, 0.25) is 5.02 Å². The SMILES string of the molecule is CN(CCOC1(OC(F)(F)F)CCC1)C12CC(NC(=O)COc3ccc(Cl)c(F)c3)(C1)C2. The Bertz CT molecular complexity index is 858. The first kappa shape index (κ1) is 23.5. The molecule has 11 heteroatoms. The van der Waals surface area contributed by atoms with Crippen molar-refractivity contribution in [1.29, 1.82) is 0 Å². The van der Waals surface area contributed by atoms with Gasteiger partial charge in [-0.15, -0.1) is 13.2 Å². The number of nitrogens with one attached hydrogen (secondary N) is 1. The molecule has 4 saturated carbocycles. The molecule has 178 valence electrons. The Morgan fingerprint density at radius 2 is 1.94 bits per heavy atom. The minimum absolute atomic E-state index is 0.0220. The molecule has 0 aliphatic heterocycles. The van der Waals surface area contributed by atoms with Gasteiger partial charge in [-0.2, -0.15) is 0 Å². The van der Waals surface area contributed by atoms with E-state index in [0.717, 1.165) is 25.3 Å². The maximum absolute atomic E-state index is 13.4. The highest BCUT2D eigenvalue weighted by atomic mass is 35.5. The summed E-state index contributed by atoms with van der Waals surface area (Å²) in [7, 11) is 1.91. The van der Waals surface area contributed by atoms with Crippen molar-refractivity contribution in [3.05, 3.63) is 29.0 Å². The van der Waals surface area contributed by atoms with Crippen molar-refractivity contribution in [1.82, 2.24) is 10.2 Å². The summed E-state index contributed by atoms with van der Waals surface area (Å²) in [6, 6.07) is 3.96. The summed E-state index contributed by atoms with van der Waals surface area (Å²) in [5.74, 6) is -2.24. The first-order chi connectivity index (χ1) is 14.9. The van der Waals surface area contributed by atoms with Crippen LogP contribution >= 0.6 is 11.6 Å². The van der Waals surface area contributed by atoms with Crippen LogP contribution in [0.25, 0.3) is 0 Å². The van der Waals surface area contributed by atoms with E-state index in [1.165, 1.54) is 12.1 Å². The Labute approximate surface area is 188 Å². The second-order valence-electron chi connectivity index (χ2n) is 9.03. The fourth-order valence-corrected chi connectivity index (χ4v) is 4.99. The first-order valence-corrected chi connectivity index (χ1v) is 10.8. The van der Waals surface area contributed by atoms with E-state index in [1.54, 1.807) is 0 Å². The molecule has 0 unspecified atom stereocenters. The van der Waals surface area contributed by atoms with Crippen LogP contribution in [0, 0.1) is 5.82 Å². The van der Waals surface area contributed by atoms with E-state index >= 15 is 0 Å². The standard InChI is InChI=1S/C21H25ClF4N2O4/c1-28(7-8-31-20(5-2-6-20)32-21(24,25)26)19-11-18(12-19,13-19)27-17(29)10-30-14-3-4-15(22)16(23)9-14/h3-4,9H,2,5-8,10-13H2,1H3,(H,27,29). The first-order valence-electron chi connectivity index (χ1n) is 10.4. The third-order valence-corrected chi connectivity index (χ3v) is 6.99. The van der Waals surface area contributed by atoms with Crippen molar-refractivity contribution in [2.24, 2.45) is 0 Å². The second kappa shape index (κ2) is 8.30. The van der Waals surface area contributed by atoms with Gasteiger partial charge in [0.1, 0.15) is 11.6 Å². The molecule has 4 fully saturated rings. The van der Waals surface area contributed by atoms with Gasteiger partial charge in [-0.3, -0.25) is 14.4 Å². The van der Waals surface area contributed by atoms with Gasteiger partial charge in [-0.25, -0.2) is 4.39 Å². The van der Waals surface area contributed by atoms with Gasteiger partial charge in [0, 0.05) is 36.5 Å². The lowest BCUT2D eigenvalue weighted by Crippen LogP contribution is -2.83. The van der Waals surface area contributed by atoms with Gasteiger partial charge in [0.2, 0.25) is 0 Å². The van der Waals surface area contributed by atoms with Gasteiger partial charge in [0.25, 0.3) is 5.91 Å². The number of ether oxygens (including phenoxy) is 3. The summed E-state index contributed by atoms with van der Waals surface area (Å²) in [5, 5.41) is 2.95. The Morgan fingerprint density at radius 1 is 1.25 bits per heavy atom. The van der Waals surface area contributed by atoms with Crippen molar-refractivity contribution >= 4 is 17.5 Å². The third kappa shape index (κ3) is 4.83. The van der Waals surface area contributed by atoms with E-state index < -0.39 is 18.0 Å². The molecule has 0 saturated heterocycles. The number of carbonyl (C=O) groups excluding carboxylic acids is 1. The van der Waals surface area contributed by atoms with E-state index in [2.05, 4.69) is 15.0 Å². The van der Waals surface area contributed by atoms with E-state index in [0.29, 0.717) is 13.0 Å². The number of hydrogen-bond acceptors (Lipinski definition) is 5. The molecule has 1 aromatic carbocycles. The molecule has 6 nitrogen and oxygen atoms in total. The Hall–Kier alpha value is -1.62. The summed E-state index contributed by atoms with van der Waals surface area (Å²) in [6.07, 6.45) is -1.33. The molecule has 1 aromatic rings. The number of amides is 1. The quantitative estimate of drug-likeness (QED) is 0.405. The molecular formula is C21H25ClF4N2O4. The molecule has 0 atom stereocenters. The maximum Gasteiger partial charge on any atom is 0.524 e. The minimum atomic E-state index is -4.71. The van der Waals surface area contributed by atoms with Crippen molar-refractivity contribution in [3.8, 4) is 5.75 Å². The average molecular weight is 481 g/mol. The zero-order chi connectivity index (χ0) is 23.2. The lowest BCUT2D eigenvalue weighted by molar-refractivity contribution is -0.434. The predicted molar refractivity (Wildman–Crippen MR) is 107 cm³/mol. The Balaban J connectivity index is 1.16. The summed E-state index contributed by atoms with van der Waals surface area (Å²) >= 11 is 5.62. The number of carbonyl (C=O) groups is 1. The fraction of sp³-hybridized carbons (Fsp3) is 0.667. The van der Waals surface area contributed by atoms with Crippen LogP contribution in [-0.4, -0.2) is 60.8 Å². The van der Waals surface area contributed by atoms with Gasteiger partial charge >= 0.3 is 6.36 Å². The third-order valence-electron chi connectivity index (χ3n) is 6.69. The van der Waals surface area contributed by atoms with Gasteiger partial charge in [0.15, 0.2) is 12.4 Å². The average Bonchev–Trinajstić information content (AvgIpc) is 2.61. The molecule has 0 heterocycles. The van der Waals surface area contributed by atoms with Gasteiger partial charge in [-0.05, 0) is 44.9 Å². The smallest absolute Gasteiger partial charge is 0.484 e. The zero-order valence-corrected chi connectivity index (χ0v) is 18.3. The van der Waals surface area contributed by atoms with Crippen LogP contribution in [0.1, 0.15) is 38.5 Å². The largest absolute Gasteiger partial charge is 0.524 e. The molecule has 0 aromatic heterocycles. The van der Waals surface area contributed by atoms with E-state index in [1.807, 2.05) is 7.05 Å². The number of likely N-dealkylation sites (N-methyl/N-ethyl adjacent to an activating group) is 1. The number of hydrogen-bond donors (Lipinski definition) is 1. The molecule has 0 radical (unpaired) electrons. The molecule has 1 amide bonds. The molecule has 1 N–H and O–H groups in total. The molecule has 4 aliphatic carbocycles. The molecule has 5 rings (SSSR count). The summed E-state index contributed by atoms with van der Waals surface area (Å²) in [6.45, 7) is 0.373. The van der Waals surface area contributed by atoms with Crippen LogP contribution in [0.5, 0.6) is 5.75 Å². The Kier molecular flexibility index (Phi) is 6.11. The highest BCUT2D eigenvalue weighted by Crippen LogP contribution is 2.63.